The lowest BCUT2D eigenvalue weighted by molar-refractivity contribution is -0.139. The van der Waals surface area contributed by atoms with Crippen LogP contribution in [0.2, 0.25) is 0 Å². The van der Waals surface area contributed by atoms with Gasteiger partial charge in [-0.3, -0.25) is 9.78 Å². The number of amides is 1. The molecular formula is C20H19F3N2O3. The molecule has 3 rings (SSSR count). The van der Waals surface area contributed by atoms with E-state index in [1.54, 1.807) is 11.0 Å². The normalized spacial score (nSPS) is 15.5. The van der Waals surface area contributed by atoms with E-state index >= 15 is 0 Å². The fourth-order valence-corrected chi connectivity index (χ4v) is 3.60. The molecule has 1 aromatic carbocycles. The zero-order valence-electron chi connectivity index (χ0n) is 14.9. The van der Waals surface area contributed by atoms with Crippen molar-refractivity contribution in [3.63, 3.8) is 0 Å². The van der Waals surface area contributed by atoms with Crippen molar-refractivity contribution < 1.29 is 27.9 Å². The maximum atomic E-state index is 13.2. The molecule has 2 heterocycles. The highest BCUT2D eigenvalue weighted by atomic mass is 19.4. The predicted octanol–water partition coefficient (Wildman–Crippen LogP) is 3.75. The van der Waals surface area contributed by atoms with Crippen LogP contribution in [-0.2, 0) is 17.4 Å². The van der Waals surface area contributed by atoms with Gasteiger partial charge in [0.1, 0.15) is 0 Å². The van der Waals surface area contributed by atoms with E-state index in [4.69, 9.17) is 0 Å². The van der Waals surface area contributed by atoms with Crippen molar-refractivity contribution in [1.82, 2.24) is 9.88 Å². The molecule has 2 aromatic rings. The van der Waals surface area contributed by atoms with Crippen molar-refractivity contribution in [3.05, 3.63) is 65.0 Å². The Hall–Kier alpha value is -2.90. The first-order valence-corrected chi connectivity index (χ1v) is 8.87. The summed E-state index contributed by atoms with van der Waals surface area (Å²) in [4.78, 5) is 29.1. The van der Waals surface area contributed by atoms with E-state index in [1.165, 1.54) is 30.6 Å². The second-order valence-corrected chi connectivity index (χ2v) is 6.75. The number of hydrogen-bond acceptors (Lipinski definition) is 3. The monoisotopic (exact) mass is 392 g/mol. The number of benzene rings is 1. The number of carboxylic acid groups (broad SMARTS) is 1. The fraction of sp³-hybridized carbons (Fsp3) is 0.350. The Balaban J connectivity index is 1.67. The van der Waals surface area contributed by atoms with Gasteiger partial charge in [-0.15, -0.1) is 0 Å². The second kappa shape index (κ2) is 8.00. The van der Waals surface area contributed by atoms with Crippen LogP contribution in [0.25, 0.3) is 0 Å². The number of halogens is 3. The lowest BCUT2D eigenvalue weighted by atomic mass is 9.86. The number of nitrogens with zero attached hydrogens (tertiary/aromatic N) is 2. The van der Waals surface area contributed by atoms with Crippen molar-refractivity contribution in [1.29, 1.82) is 0 Å². The van der Waals surface area contributed by atoms with Crippen LogP contribution in [0.15, 0.2) is 42.7 Å². The molecule has 1 aromatic heterocycles. The van der Waals surface area contributed by atoms with E-state index in [-0.39, 0.29) is 29.4 Å². The molecule has 0 unspecified atom stereocenters. The Morgan fingerprint density at radius 1 is 1.14 bits per heavy atom. The largest absolute Gasteiger partial charge is 0.478 e. The van der Waals surface area contributed by atoms with Crippen LogP contribution in [0.5, 0.6) is 0 Å². The van der Waals surface area contributed by atoms with Crippen LogP contribution >= 0.6 is 0 Å². The molecule has 8 heteroatoms. The molecule has 1 saturated heterocycles. The molecule has 1 fully saturated rings. The molecule has 1 N–H and O–H groups in total. The smallest absolute Gasteiger partial charge is 0.416 e. The molecule has 1 aliphatic rings. The Bertz CT molecular complexity index is 875. The fourth-order valence-electron chi connectivity index (χ4n) is 3.60. The number of pyridine rings is 1. The number of aromatic carboxylic acids is 1. The summed E-state index contributed by atoms with van der Waals surface area (Å²) >= 11 is 0. The van der Waals surface area contributed by atoms with Gasteiger partial charge >= 0.3 is 12.1 Å². The molecule has 1 aliphatic heterocycles. The Kier molecular flexibility index (Phi) is 5.67. The summed E-state index contributed by atoms with van der Waals surface area (Å²) in [5.74, 6) is -1.66. The third kappa shape index (κ3) is 4.32. The number of alkyl halides is 3. The summed E-state index contributed by atoms with van der Waals surface area (Å²) in [6, 6.07) is 7.05. The zero-order chi connectivity index (χ0) is 20.3. The van der Waals surface area contributed by atoms with Crippen molar-refractivity contribution in [3.8, 4) is 0 Å². The van der Waals surface area contributed by atoms with E-state index in [1.807, 2.05) is 0 Å². The molecule has 0 aliphatic carbocycles. The van der Waals surface area contributed by atoms with Gasteiger partial charge in [-0.1, -0.05) is 18.2 Å². The Morgan fingerprint density at radius 3 is 2.46 bits per heavy atom. The maximum absolute atomic E-state index is 13.2. The summed E-state index contributed by atoms with van der Waals surface area (Å²) < 4.78 is 39.7. The summed E-state index contributed by atoms with van der Waals surface area (Å²) in [5.41, 5.74) is -0.00561. The van der Waals surface area contributed by atoms with Gasteiger partial charge < -0.3 is 10.0 Å². The number of rotatable bonds is 4. The van der Waals surface area contributed by atoms with Crippen LogP contribution in [0.4, 0.5) is 13.2 Å². The highest BCUT2D eigenvalue weighted by molar-refractivity contribution is 5.91. The quantitative estimate of drug-likeness (QED) is 0.860. The predicted molar refractivity (Wildman–Crippen MR) is 94.9 cm³/mol. The minimum absolute atomic E-state index is 0.0233. The van der Waals surface area contributed by atoms with Gasteiger partial charge in [-0.2, -0.15) is 13.2 Å². The lowest BCUT2D eigenvalue weighted by Crippen LogP contribution is -2.39. The van der Waals surface area contributed by atoms with Crippen molar-refractivity contribution >= 4 is 11.9 Å². The van der Waals surface area contributed by atoms with Crippen molar-refractivity contribution in [2.45, 2.75) is 31.4 Å². The number of hydrogen-bond donors (Lipinski definition) is 1. The first-order chi connectivity index (χ1) is 13.3. The first-order valence-electron chi connectivity index (χ1n) is 8.87. The van der Waals surface area contributed by atoms with Crippen LogP contribution in [0.3, 0.4) is 0 Å². The molecule has 0 spiro atoms. The zero-order valence-corrected chi connectivity index (χ0v) is 14.9. The third-order valence-electron chi connectivity index (χ3n) is 5.04. The molecule has 0 saturated carbocycles. The van der Waals surface area contributed by atoms with Gasteiger partial charge in [-0.05, 0) is 42.0 Å². The SMILES string of the molecule is O=C(O)c1cnccc1CC(=O)N1CCC(c2ccccc2C(F)(F)F)CC1. The van der Waals surface area contributed by atoms with Gasteiger partial charge in [0.15, 0.2) is 0 Å². The van der Waals surface area contributed by atoms with Gasteiger partial charge in [-0.25, -0.2) is 4.79 Å². The summed E-state index contributed by atoms with van der Waals surface area (Å²) in [5, 5.41) is 9.18. The molecule has 148 valence electrons. The molecule has 28 heavy (non-hydrogen) atoms. The van der Waals surface area contributed by atoms with Crippen molar-refractivity contribution in [2.24, 2.45) is 0 Å². The van der Waals surface area contributed by atoms with Crippen LogP contribution in [-0.4, -0.2) is 40.0 Å². The average molecular weight is 392 g/mol. The van der Waals surface area contributed by atoms with Gasteiger partial charge in [0.2, 0.25) is 5.91 Å². The van der Waals surface area contributed by atoms with E-state index in [0.717, 1.165) is 6.07 Å². The second-order valence-electron chi connectivity index (χ2n) is 6.75. The summed E-state index contributed by atoms with van der Waals surface area (Å²) in [7, 11) is 0. The summed E-state index contributed by atoms with van der Waals surface area (Å²) in [6.07, 6.45) is -0.991. The molecular weight excluding hydrogens is 373 g/mol. The molecule has 1 amide bonds. The Labute approximate surface area is 159 Å². The van der Waals surface area contributed by atoms with E-state index in [9.17, 15) is 27.9 Å². The topological polar surface area (TPSA) is 70.5 Å². The molecule has 0 atom stereocenters. The van der Waals surface area contributed by atoms with Gasteiger partial charge in [0, 0.05) is 25.5 Å². The van der Waals surface area contributed by atoms with Gasteiger partial charge in [0.25, 0.3) is 0 Å². The number of carbonyl (C=O) groups is 2. The third-order valence-corrected chi connectivity index (χ3v) is 5.04. The maximum Gasteiger partial charge on any atom is 0.416 e. The van der Waals surface area contributed by atoms with Crippen LogP contribution in [0.1, 0.15) is 45.8 Å². The van der Waals surface area contributed by atoms with E-state index < -0.39 is 17.7 Å². The number of piperidine rings is 1. The highest BCUT2D eigenvalue weighted by Crippen LogP contribution is 2.38. The molecule has 5 nitrogen and oxygen atoms in total. The average Bonchev–Trinajstić information content (AvgIpc) is 2.67. The Morgan fingerprint density at radius 2 is 1.82 bits per heavy atom. The number of carboxylic acids is 1. The summed E-state index contributed by atoms with van der Waals surface area (Å²) in [6.45, 7) is 0.673. The van der Waals surface area contributed by atoms with E-state index in [2.05, 4.69) is 4.98 Å². The lowest BCUT2D eigenvalue weighted by Gasteiger charge is -2.33. The van der Waals surface area contributed by atoms with Crippen molar-refractivity contribution in [2.75, 3.05) is 13.1 Å². The van der Waals surface area contributed by atoms with Gasteiger partial charge in [0.05, 0.1) is 17.5 Å². The standard InChI is InChI=1S/C20H19F3N2O3/c21-20(22,23)17-4-2-1-3-15(17)13-6-9-25(10-7-13)18(26)11-14-5-8-24-12-16(14)19(27)28/h1-5,8,12-13H,6-7,9-11H2,(H,27,28). The first kappa shape index (κ1) is 19.9. The number of carbonyl (C=O) groups excluding carboxylic acids is 1. The number of aromatic nitrogens is 1. The minimum atomic E-state index is -4.40. The van der Waals surface area contributed by atoms with Crippen LogP contribution in [0, 0.1) is 0 Å². The highest BCUT2D eigenvalue weighted by Gasteiger charge is 2.36. The molecule has 0 bridgehead atoms. The van der Waals surface area contributed by atoms with E-state index in [0.29, 0.717) is 31.5 Å². The number of likely N-dealkylation sites (tertiary alicyclic amines) is 1. The van der Waals surface area contributed by atoms with Crippen LogP contribution < -0.4 is 0 Å². The molecule has 0 radical (unpaired) electrons. The minimum Gasteiger partial charge on any atom is -0.478 e.